The minimum Gasteiger partial charge on any atom is -0.383 e. The Kier molecular flexibility index (Phi) is 5.95. The average Bonchev–Trinajstić information content (AvgIpc) is 2.28. The van der Waals surface area contributed by atoms with Crippen molar-refractivity contribution in [3.8, 4) is 0 Å². The molecule has 0 aliphatic rings. The minimum atomic E-state index is 0.492. The number of hydrogen-bond acceptors (Lipinski definition) is 6. The number of rotatable bonds is 7. The average molecular weight is 242 g/mol. The van der Waals surface area contributed by atoms with Crippen LogP contribution >= 0.6 is 11.8 Å². The highest BCUT2D eigenvalue weighted by Crippen LogP contribution is 2.14. The monoisotopic (exact) mass is 242 g/mol. The Balaban J connectivity index is 2.38. The zero-order valence-electron chi connectivity index (χ0n) is 9.69. The molecule has 0 fully saturated rings. The van der Waals surface area contributed by atoms with E-state index in [0.29, 0.717) is 11.0 Å². The summed E-state index contributed by atoms with van der Waals surface area (Å²) in [5.74, 6) is 1.26. The molecule has 5 nitrogen and oxygen atoms in total. The van der Waals surface area contributed by atoms with Crippen LogP contribution in [0.25, 0.3) is 0 Å². The molecule has 0 spiro atoms. The van der Waals surface area contributed by atoms with Gasteiger partial charge < -0.3 is 15.8 Å². The maximum absolute atomic E-state index is 5.66. The molecule has 0 aliphatic carbocycles. The maximum Gasteiger partial charge on any atom is 0.191 e. The molecule has 0 unspecified atom stereocenters. The fourth-order valence-corrected chi connectivity index (χ4v) is 1.55. The Morgan fingerprint density at radius 3 is 3.00 bits per heavy atom. The second-order valence-electron chi connectivity index (χ2n) is 3.14. The van der Waals surface area contributed by atoms with Crippen LogP contribution in [0, 0.1) is 0 Å². The van der Waals surface area contributed by atoms with E-state index < -0.39 is 0 Å². The number of aromatic nitrogens is 2. The van der Waals surface area contributed by atoms with Crippen molar-refractivity contribution < 1.29 is 4.74 Å². The van der Waals surface area contributed by atoms with E-state index in [4.69, 9.17) is 10.5 Å². The lowest BCUT2D eigenvalue weighted by Gasteiger charge is -2.07. The third-order valence-electron chi connectivity index (χ3n) is 1.88. The number of nitrogens with two attached hydrogens (primary N) is 1. The summed E-state index contributed by atoms with van der Waals surface area (Å²) in [6.07, 6.45) is 2.87. The Bertz CT molecular complexity index is 322. The molecule has 0 bridgehead atoms. The van der Waals surface area contributed by atoms with Crippen LogP contribution in [-0.2, 0) is 4.74 Å². The number of nitrogens with zero attached hydrogens (tertiary/aromatic N) is 2. The summed E-state index contributed by atoms with van der Waals surface area (Å²) < 4.78 is 5.24. The van der Waals surface area contributed by atoms with Gasteiger partial charge in [0.25, 0.3) is 0 Å². The van der Waals surface area contributed by atoms with E-state index >= 15 is 0 Å². The molecule has 16 heavy (non-hydrogen) atoms. The standard InChI is InChI=1S/C10H18N4OS/c1-3-15-6-4-5-12-9-7-8(11)13-10(14-9)16-2/h7H,3-6H2,1-2H3,(H3,11,12,13,14). The Hall–Kier alpha value is -1.01. The van der Waals surface area contributed by atoms with Crippen LogP contribution < -0.4 is 11.1 Å². The van der Waals surface area contributed by atoms with Crippen LogP contribution in [0.5, 0.6) is 0 Å². The van der Waals surface area contributed by atoms with Crippen molar-refractivity contribution >= 4 is 23.4 Å². The van der Waals surface area contributed by atoms with E-state index in [9.17, 15) is 0 Å². The van der Waals surface area contributed by atoms with Gasteiger partial charge in [-0.05, 0) is 19.6 Å². The van der Waals surface area contributed by atoms with Gasteiger partial charge in [-0.15, -0.1) is 0 Å². The van der Waals surface area contributed by atoms with Crippen molar-refractivity contribution in [1.82, 2.24) is 9.97 Å². The van der Waals surface area contributed by atoms with E-state index in [-0.39, 0.29) is 0 Å². The zero-order valence-corrected chi connectivity index (χ0v) is 10.5. The van der Waals surface area contributed by atoms with Crippen LogP contribution in [0.2, 0.25) is 0 Å². The van der Waals surface area contributed by atoms with Crippen molar-refractivity contribution in [2.24, 2.45) is 0 Å². The van der Waals surface area contributed by atoms with Gasteiger partial charge in [-0.2, -0.15) is 0 Å². The largest absolute Gasteiger partial charge is 0.383 e. The summed E-state index contributed by atoms with van der Waals surface area (Å²) in [4.78, 5) is 8.36. The quantitative estimate of drug-likeness (QED) is 0.430. The third-order valence-corrected chi connectivity index (χ3v) is 2.43. The van der Waals surface area contributed by atoms with E-state index in [0.717, 1.165) is 32.0 Å². The molecule has 0 atom stereocenters. The SMILES string of the molecule is CCOCCCNc1cc(N)nc(SC)n1. The lowest BCUT2D eigenvalue weighted by Crippen LogP contribution is -2.08. The summed E-state index contributed by atoms with van der Waals surface area (Å²) in [5.41, 5.74) is 5.66. The lowest BCUT2D eigenvalue weighted by atomic mass is 10.4. The van der Waals surface area contributed by atoms with Gasteiger partial charge in [0.15, 0.2) is 5.16 Å². The van der Waals surface area contributed by atoms with Gasteiger partial charge >= 0.3 is 0 Å². The van der Waals surface area contributed by atoms with Gasteiger partial charge in [-0.1, -0.05) is 11.8 Å². The third kappa shape index (κ3) is 4.67. The van der Waals surface area contributed by atoms with Gasteiger partial charge in [-0.3, -0.25) is 0 Å². The highest BCUT2D eigenvalue weighted by molar-refractivity contribution is 7.98. The highest BCUT2D eigenvalue weighted by Gasteiger charge is 2.00. The van der Waals surface area contributed by atoms with Gasteiger partial charge in [-0.25, -0.2) is 9.97 Å². The smallest absolute Gasteiger partial charge is 0.191 e. The fraction of sp³-hybridized carbons (Fsp3) is 0.600. The topological polar surface area (TPSA) is 73.1 Å². The van der Waals surface area contributed by atoms with Crippen molar-refractivity contribution in [3.63, 3.8) is 0 Å². The number of ether oxygens (including phenoxy) is 1. The minimum absolute atomic E-state index is 0.492. The van der Waals surface area contributed by atoms with Crippen LogP contribution in [0.4, 0.5) is 11.6 Å². The van der Waals surface area contributed by atoms with Crippen LogP contribution in [-0.4, -0.2) is 36.0 Å². The number of hydrogen-bond donors (Lipinski definition) is 2. The first-order valence-electron chi connectivity index (χ1n) is 5.26. The number of nitrogens with one attached hydrogen (secondary N) is 1. The number of nitrogen functional groups attached to an aromatic ring is 1. The second-order valence-corrected chi connectivity index (χ2v) is 3.92. The molecule has 90 valence electrons. The molecule has 1 aromatic rings. The summed E-state index contributed by atoms with van der Waals surface area (Å²) in [5, 5.41) is 3.88. The predicted molar refractivity (Wildman–Crippen MR) is 67.8 cm³/mol. The fourth-order valence-electron chi connectivity index (χ4n) is 1.16. The molecular weight excluding hydrogens is 224 g/mol. The lowest BCUT2D eigenvalue weighted by molar-refractivity contribution is 0.147. The number of anilines is 2. The number of thioether (sulfide) groups is 1. The molecule has 0 aliphatic heterocycles. The summed E-state index contributed by atoms with van der Waals surface area (Å²) in [6.45, 7) is 4.34. The molecule has 1 rings (SSSR count). The summed E-state index contributed by atoms with van der Waals surface area (Å²) in [7, 11) is 0. The zero-order chi connectivity index (χ0) is 11.8. The Morgan fingerprint density at radius 1 is 1.50 bits per heavy atom. The molecule has 0 amide bonds. The van der Waals surface area contributed by atoms with Crippen molar-refractivity contribution in [2.75, 3.05) is 37.1 Å². The molecule has 0 aromatic carbocycles. The highest BCUT2D eigenvalue weighted by atomic mass is 32.2. The molecule has 6 heteroatoms. The summed E-state index contributed by atoms with van der Waals surface area (Å²) >= 11 is 1.48. The molecule has 3 N–H and O–H groups in total. The van der Waals surface area contributed by atoms with Crippen LogP contribution in [0.15, 0.2) is 11.2 Å². The molecule has 1 heterocycles. The van der Waals surface area contributed by atoms with Gasteiger partial charge in [0.1, 0.15) is 11.6 Å². The molecule has 0 radical (unpaired) electrons. The van der Waals surface area contributed by atoms with Crippen molar-refractivity contribution in [2.45, 2.75) is 18.5 Å². The Morgan fingerprint density at radius 2 is 2.31 bits per heavy atom. The molecule has 0 saturated carbocycles. The molecule has 0 saturated heterocycles. The van der Waals surface area contributed by atoms with Crippen molar-refractivity contribution in [3.05, 3.63) is 6.07 Å². The van der Waals surface area contributed by atoms with E-state index in [2.05, 4.69) is 15.3 Å². The molecule has 1 aromatic heterocycles. The second kappa shape index (κ2) is 7.29. The van der Waals surface area contributed by atoms with E-state index in [1.165, 1.54) is 11.8 Å². The van der Waals surface area contributed by atoms with Gasteiger partial charge in [0, 0.05) is 25.8 Å². The molecular formula is C10H18N4OS. The van der Waals surface area contributed by atoms with Gasteiger partial charge in [0.2, 0.25) is 0 Å². The Labute approximate surface area is 100 Å². The van der Waals surface area contributed by atoms with Crippen molar-refractivity contribution in [1.29, 1.82) is 0 Å². The first-order valence-corrected chi connectivity index (χ1v) is 6.49. The normalized spacial score (nSPS) is 10.4. The summed E-state index contributed by atoms with van der Waals surface area (Å²) in [6, 6.07) is 1.74. The maximum atomic E-state index is 5.66. The van der Waals surface area contributed by atoms with Gasteiger partial charge in [0.05, 0.1) is 0 Å². The van der Waals surface area contributed by atoms with Crippen LogP contribution in [0.3, 0.4) is 0 Å². The predicted octanol–water partition coefficient (Wildman–Crippen LogP) is 1.62. The van der Waals surface area contributed by atoms with Crippen LogP contribution in [0.1, 0.15) is 13.3 Å². The van der Waals surface area contributed by atoms with E-state index in [1.54, 1.807) is 6.07 Å². The first kappa shape index (κ1) is 13.1. The first-order chi connectivity index (χ1) is 7.76. The van der Waals surface area contributed by atoms with E-state index in [1.807, 2.05) is 13.2 Å².